The first-order chi connectivity index (χ1) is 9.83. The van der Waals surface area contributed by atoms with Crippen molar-refractivity contribution in [1.82, 2.24) is 0 Å². The quantitative estimate of drug-likeness (QED) is 0.738. The van der Waals surface area contributed by atoms with Crippen LogP contribution in [0.5, 0.6) is 0 Å². The van der Waals surface area contributed by atoms with Gasteiger partial charge in [0.1, 0.15) is 6.10 Å². The van der Waals surface area contributed by atoms with E-state index in [0.29, 0.717) is 12.2 Å². The van der Waals surface area contributed by atoms with Crippen molar-refractivity contribution in [2.45, 2.75) is 26.9 Å². The summed E-state index contributed by atoms with van der Waals surface area (Å²) in [6.45, 7) is 6.41. The summed E-state index contributed by atoms with van der Waals surface area (Å²) >= 11 is 0. The van der Waals surface area contributed by atoms with Gasteiger partial charge in [0.05, 0.1) is 0 Å². The van der Waals surface area contributed by atoms with E-state index in [1.165, 1.54) is 0 Å². The molecule has 0 aliphatic heterocycles. The lowest BCUT2D eigenvalue weighted by Gasteiger charge is -2.16. The van der Waals surface area contributed by atoms with E-state index in [1.807, 2.05) is 81.4 Å². The molecule has 2 aromatic rings. The molecule has 0 saturated heterocycles. The van der Waals surface area contributed by atoms with Crippen molar-refractivity contribution in [2.24, 2.45) is 0 Å². The largest absolute Gasteiger partial charge is 0.366 e. The Kier molecular flexibility index (Phi) is 7.30. The van der Waals surface area contributed by atoms with Crippen LogP contribution in [0.1, 0.15) is 42.8 Å². The fourth-order valence-electron chi connectivity index (χ4n) is 1.87. The summed E-state index contributed by atoms with van der Waals surface area (Å²) in [5.74, 6) is 0.00338. The molecule has 0 N–H and O–H groups in total. The monoisotopic (exact) mass is 270 g/mol. The van der Waals surface area contributed by atoms with Crippen LogP contribution in [0.3, 0.4) is 0 Å². The van der Waals surface area contributed by atoms with Gasteiger partial charge in [0.25, 0.3) is 0 Å². The number of benzene rings is 2. The molecule has 0 aliphatic rings. The molecular weight excluding hydrogens is 248 g/mol. The van der Waals surface area contributed by atoms with E-state index in [0.717, 1.165) is 5.56 Å². The second-order valence-corrected chi connectivity index (χ2v) is 3.98. The first-order valence-corrected chi connectivity index (χ1v) is 7.08. The Morgan fingerprint density at radius 1 is 0.950 bits per heavy atom. The van der Waals surface area contributed by atoms with E-state index in [2.05, 4.69) is 0 Å². The average molecular weight is 270 g/mol. The number of carbonyl (C=O) groups excluding carboxylic acids is 1. The molecule has 2 nitrogen and oxygen atoms in total. The number of rotatable bonds is 5. The summed E-state index contributed by atoms with van der Waals surface area (Å²) < 4.78 is 5.59. The lowest BCUT2D eigenvalue weighted by Crippen LogP contribution is -2.16. The van der Waals surface area contributed by atoms with Crippen LogP contribution in [0, 0.1) is 0 Å². The van der Waals surface area contributed by atoms with Crippen molar-refractivity contribution in [3.8, 4) is 0 Å². The van der Waals surface area contributed by atoms with Crippen LogP contribution in [0.4, 0.5) is 0 Å². The molecule has 0 fully saturated rings. The number of hydrogen-bond acceptors (Lipinski definition) is 2. The second kappa shape index (κ2) is 9.05. The van der Waals surface area contributed by atoms with Crippen LogP contribution in [0.25, 0.3) is 0 Å². The zero-order valence-corrected chi connectivity index (χ0v) is 12.4. The summed E-state index contributed by atoms with van der Waals surface area (Å²) in [4.78, 5) is 12.4. The van der Waals surface area contributed by atoms with E-state index in [1.54, 1.807) is 0 Å². The van der Waals surface area contributed by atoms with Crippen molar-refractivity contribution in [3.05, 3.63) is 71.8 Å². The molecule has 1 unspecified atom stereocenters. The minimum Gasteiger partial charge on any atom is -0.366 e. The molecule has 0 heterocycles. The average Bonchev–Trinajstić information content (AvgIpc) is 2.55. The molecule has 0 aliphatic carbocycles. The van der Waals surface area contributed by atoms with E-state index in [9.17, 15) is 4.79 Å². The predicted octanol–water partition coefficient (Wildman–Crippen LogP) is 4.67. The first-order valence-electron chi connectivity index (χ1n) is 7.08. The van der Waals surface area contributed by atoms with E-state index in [-0.39, 0.29) is 5.78 Å². The minimum absolute atomic E-state index is 0.00338. The van der Waals surface area contributed by atoms with Crippen molar-refractivity contribution >= 4 is 5.78 Å². The molecular formula is C18H22O2. The van der Waals surface area contributed by atoms with E-state index < -0.39 is 6.10 Å². The Bertz CT molecular complexity index is 491. The lowest BCUT2D eigenvalue weighted by atomic mass is 10.00. The normalized spacial score (nSPS) is 11.2. The van der Waals surface area contributed by atoms with Crippen LogP contribution in [0.15, 0.2) is 60.7 Å². The Morgan fingerprint density at radius 2 is 1.45 bits per heavy atom. The highest BCUT2D eigenvalue weighted by Crippen LogP contribution is 2.22. The maximum absolute atomic E-state index is 12.4. The molecule has 0 saturated carbocycles. The molecule has 0 aromatic heterocycles. The summed E-state index contributed by atoms with van der Waals surface area (Å²) in [5.41, 5.74) is 1.58. The molecule has 20 heavy (non-hydrogen) atoms. The summed E-state index contributed by atoms with van der Waals surface area (Å²) in [6, 6.07) is 18.9. The zero-order chi connectivity index (χ0) is 14.8. The van der Waals surface area contributed by atoms with Gasteiger partial charge in [-0.2, -0.15) is 0 Å². The van der Waals surface area contributed by atoms with Crippen LogP contribution in [-0.4, -0.2) is 12.4 Å². The Hall–Kier alpha value is -1.93. The van der Waals surface area contributed by atoms with Crippen LogP contribution in [-0.2, 0) is 4.74 Å². The number of carbonyl (C=O) groups is 1. The summed E-state index contributed by atoms with van der Waals surface area (Å²) in [6.07, 6.45) is -0.515. The molecule has 1 atom stereocenters. The molecule has 2 aromatic carbocycles. The van der Waals surface area contributed by atoms with Crippen molar-refractivity contribution in [2.75, 3.05) is 6.61 Å². The first kappa shape index (κ1) is 16.1. The van der Waals surface area contributed by atoms with Crippen molar-refractivity contribution in [1.29, 1.82) is 0 Å². The van der Waals surface area contributed by atoms with Gasteiger partial charge in [-0.1, -0.05) is 74.5 Å². The molecule has 2 heteroatoms. The molecule has 0 spiro atoms. The number of hydrogen-bond donors (Lipinski definition) is 0. The fraction of sp³-hybridized carbons (Fsp3) is 0.278. The minimum atomic E-state index is -0.515. The second-order valence-electron chi connectivity index (χ2n) is 3.98. The van der Waals surface area contributed by atoms with Crippen LogP contribution < -0.4 is 0 Å². The molecule has 106 valence electrons. The van der Waals surface area contributed by atoms with Gasteiger partial charge in [-0.3, -0.25) is 4.79 Å². The third kappa shape index (κ3) is 4.32. The molecule has 2 rings (SSSR count). The van der Waals surface area contributed by atoms with E-state index >= 15 is 0 Å². The van der Waals surface area contributed by atoms with Gasteiger partial charge >= 0.3 is 0 Å². The Balaban J connectivity index is 0.000000956. The van der Waals surface area contributed by atoms with Gasteiger partial charge in [-0.15, -0.1) is 0 Å². The van der Waals surface area contributed by atoms with Crippen LogP contribution in [0.2, 0.25) is 0 Å². The Labute approximate surface area is 121 Å². The maximum Gasteiger partial charge on any atom is 0.196 e. The van der Waals surface area contributed by atoms with E-state index in [4.69, 9.17) is 4.74 Å². The fourth-order valence-corrected chi connectivity index (χ4v) is 1.87. The van der Waals surface area contributed by atoms with Crippen LogP contribution >= 0.6 is 0 Å². The van der Waals surface area contributed by atoms with Gasteiger partial charge in [0, 0.05) is 12.2 Å². The highest BCUT2D eigenvalue weighted by atomic mass is 16.5. The number of Topliss-reactive ketones (excluding diaryl/α,β-unsaturated/α-hetero) is 1. The summed E-state index contributed by atoms with van der Waals surface area (Å²) in [5, 5.41) is 0. The number of ketones is 1. The number of ether oxygens (including phenoxy) is 1. The van der Waals surface area contributed by atoms with Crippen molar-refractivity contribution < 1.29 is 9.53 Å². The highest BCUT2D eigenvalue weighted by Gasteiger charge is 2.21. The third-order valence-electron chi connectivity index (χ3n) is 2.73. The third-order valence-corrected chi connectivity index (χ3v) is 2.73. The van der Waals surface area contributed by atoms with Gasteiger partial charge in [0.15, 0.2) is 5.78 Å². The topological polar surface area (TPSA) is 26.3 Å². The smallest absolute Gasteiger partial charge is 0.196 e. The predicted molar refractivity (Wildman–Crippen MR) is 82.9 cm³/mol. The molecule has 0 radical (unpaired) electrons. The van der Waals surface area contributed by atoms with Gasteiger partial charge < -0.3 is 4.74 Å². The SMILES string of the molecule is CC.CCOC(C(=O)c1ccccc1)c1ccccc1. The standard InChI is InChI=1S/C16H16O2.C2H6/c1-2-18-16(14-11-7-4-8-12-14)15(17)13-9-5-3-6-10-13;1-2/h3-12,16H,2H2,1H3;1-2H3. The maximum atomic E-state index is 12.4. The summed E-state index contributed by atoms with van der Waals surface area (Å²) in [7, 11) is 0. The van der Waals surface area contributed by atoms with Gasteiger partial charge in [-0.05, 0) is 12.5 Å². The van der Waals surface area contributed by atoms with Crippen molar-refractivity contribution in [3.63, 3.8) is 0 Å². The molecule has 0 bridgehead atoms. The lowest BCUT2D eigenvalue weighted by molar-refractivity contribution is 0.0452. The zero-order valence-electron chi connectivity index (χ0n) is 12.4. The van der Waals surface area contributed by atoms with Gasteiger partial charge in [-0.25, -0.2) is 0 Å². The molecule has 0 amide bonds. The van der Waals surface area contributed by atoms with Gasteiger partial charge in [0.2, 0.25) is 0 Å². The highest BCUT2D eigenvalue weighted by molar-refractivity contribution is 6.00. The Morgan fingerprint density at radius 3 is 1.95 bits per heavy atom.